The first-order valence-electron chi connectivity index (χ1n) is 10.1. The standard InChI is InChI=1S/C20H21BrF2N6O4/c1-10(30)24-7-11-8-29-18(19(31)27(2)33-11)12-9-28(4-3-16(12)26-29)20(32)25-17-5-13(21)14(22)6-15(17)23/h5-6,11H,3-4,7-9H2,1-2H3,(H,24,30)(H,25,32)/t11-/m1/s1. The molecule has 0 saturated carbocycles. The molecule has 10 nitrogen and oxygen atoms in total. The van der Waals surface area contributed by atoms with E-state index in [2.05, 4.69) is 31.7 Å². The van der Waals surface area contributed by atoms with Gasteiger partial charge < -0.3 is 15.5 Å². The highest BCUT2D eigenvalue weighted by Gasteiger charge is 2.35. The number of hydrogen-bond donors (Lipinski definition) is 2. The normalized spacial score (nSPS) is 17.8. The van der Waals surface area contributed by atoms with E-state index in [0.717, 1.165) is 11.1 Å². The van der Waals surface area contributed by atoms with Gasteiger partial charge in [-0.15, -0.1) is 0 Å². The number of fused-ring (bicyclic) bond motifs is 3. The van der Waals surface area contributed by atoms with Crippen LogP contribution in [0.3, 0.4) is 0 Å². The fraction of sp³-hybridized carbons (Fsp3) is 0.400. The van der Waals surface area contributed by atoms with Crippen LogP contribution in [0.5, 0.6) is 0 Å². The summed E-state index contributed by atoms with van der Waals surface area (Å²) in [5.74, 6) is -2.33. The predicted octanol–water partition coefficient (Wildman–Crippen LogP) is 2.04. The molecule has 0 saturated heterocycles. The minimum Gasteiger partial charge on any atom is -0.354 e. The molecule has 33 heavy (non-hydrogen) atoms. The van der Waals surface area contributed by atoms with Crippen LogP contribution in [-0.4, -0.2) is 63.8 Å². The van der Waals surface area contributed by atoms with E-state index in [0.29, 0.717) is 36.0 Å². The number of hydrogen-bond acceptors (Lipinski definition) is 5. The zero-order valence-electron chi connectivity index (χ0n) is 17.8. The molecule has 0 bridgehead atoms. The van der Waals surface area contributed by atoms with E-state index in [4.69, 9.17) is 4.84 Å². The van der Waals surface area contributed by atoms with Crippen LogP contribution < -0.4 is 10.6 Å². The zero-order chi connectivity index (χ0) is 23.9. The molecule has 0 fully saturated rings. The van der Waals surface area contributed by atoms with Crippen molar-refractivity contribution >= 4 is 39.5 Å². The molecule has 4 rings (SSSR count). The molecular weight excluding hydrogens is 506 g/mol. The van der Waals surface area contributed by atoms with Gasteiger partial charge in [-0.25, -0.2) is 18.6 Å². The van der Waals surface area contributed by atoms with Gasteiger partial charge in [-0.05, 0) is 22.0 Å². The Morgan fingerprint density at radius 3 is 2.79 bits per heavy atom. The van der Waals surface area contributed by atoms with Crippen LogP contribution in [0.15, 0.2) is 16.6 Å². The number of nitrogens with zero attached hydrogens (tertiary/aromatic N) is 4. The molecule has 2 N–H and O–H groups in total. The van der Waals surface area contributed by atoms with Gasteiger partial charge in [-0.2, -0.15) is 5.10 Å². The van der Waals surface area contributed by atoms with Gasteiger partial charge in [-0.1, -0.05) is 0 Å². The Hall–Kier alpha value is -3.06. The summed E-state index contributed by atoms with van der Waals surface area (Å²) < 4.78 is 29.1. The number of aromatic nitrogens is 2. The molecule has 3 heterocycles. The largest absolute Gasteiger partial charge is 0.354 e. The Kier molecular flexibility index (Phi) is 6.34. The monoisotopic (exact) mass is 526 g/mol. The fourth-order valence-electron chi connectivity index (χ4n) is 3.79. The van der Waals surface area contributed by atoms with Crippen molar-refractivity contribution in [2.45, 2.75) is 32.5 Å². The third-order valence-electron chi connectivity index (χ3n) is 5.39. The highest BCUT2D eigenvalue weighted by Crippen LogP contribution is 2.28. The summed E-state index contributed by atoms with van der Waals surface area (Å²) in [6, 6.07) is 1.24. The van der Waals surface area contributed by atoms with Crippen LogP contribution in [0, 0.1) is 11.6 Å². The van der Waals surface area contributed by atoms with Gasteiger partial charge in [0.1, 0.15) is 23.4 Å². The van der Waals surface area contributed by atoms with E-state index < -0.39 is 29.7 Å². The maximum Gasteiger partial charge on any atom is 0.322 e. The number of amides is 4. The lowest BCUT2D eigenvalue weighted by Crippen LogP contribution is -2.40. The van der Waals surface area contributed by atoms with Crippen molar-refractivity contribution in [2.24, 2.45) is 0 Å². The summed E-state index contributed by atoms with van der Waals surface area (Å²) in [5, 5.41) is 10.7. The minimum atomic E-state index is -0.902. The first-order valence-corrected chi connectivity index (χ1v) is 10.9. The molecule has 0 radical (unpaired) electrons. The van der Waals surface area contributed by atoms with Gasteiger partial charge >= 0.3 is 6.03 Å². The number of nitrogens with one attached hydrogen (secondary N) is 2. The summed E-state index contributed by atoms with van der Waals surface area (Å²) >= 11 is 2.97. The Bertz CT molecular complexity index is 1140. The van der Waals surface area contributed by atoms with Gasteiger partial charge in [0, 0.05) is 45.1 Å². The lowest BCUT2D eigenvalue weighted by atomic mass is 10.1. The summed E-state index contributed by atoms with van der Waals surface area (Å²) in [7, 11) is 1.47. The van der Waals surface area contributed by atoms with Gasteiger partial charge in [0.05, 0.1) is 28.9 Å². The third-order valence-corrected chi connectivity index (χ3v) is 6.00. The molecular formula is C20H21BrF2N6O4. The second-order valence-corrected chi connectivity index (χ2v) is 8.63. The SMILES string of the molecule is CC(=O)NC[C@@H]1Cn2nc3c(c2C(=O)N(C)O1)CN(C(=O)Nc1cc(Br)c(F)cc1F)CC3. The molecule has 2 aromatic rings. The summed E-state index contributed by atoms with van der Waals surface area (Å²) in [6.07, 6.45) is -0.114. The number of benzene rings is 1. The van der Waals surface area contributed by atoms with Crippen molar-refractivity contribution in [3.8, 4) is 0 Å². The van der Waals surface area contributed by atoms with E-state index in [-0.39, 0.29) is 35.7 Å². The number of urea groups is 1. The Morgan fingerprint density at radius 2 is 2.06 bits per heavy atom. The first-order chi connectivity index (χ1) is 15.6. The number of carbonyl (C=O) groups excluding carboxylic acids is 3. The molecule has 1 atom stereocenters. The molecule has 1 aromatic heterocycles. The molecule has 13 heteroatoms. The average Bonchev–Trinajstić information content (AvgIpc) is 3.06. The van der Waals surface area contributed by atoms with E-state index >= 15 is 0 Å². The van der Waals surface area contributed by atoms with Crippen LogP contribution in [0.1, 0.15) is 28.7 Å². The Labute approximate surface area is 195 Å². The fourth-order valence-corrected chi connectivity index (χ4v) is 4.13. The molecule has 2 aliphatic heterocycles. The van der Waals surface area contributed by atoms with E-state index in [1.807, 2.05) is 0 Å². The van der Waals surface area contributed by atoms with Crippen molar-refractivity contribution in [1.29, 1.82) is 0 Å². The number of halogens is 3. The summed E-state index contributed by atoms with van der Waals surface area (Å²) in [4.78, 5) is 44.1. The summed E-state index contributed by atoms with van der Waals surface area (Å²) in [6.45, 7) is 2.20. The van der Waals surface area contributed by atoms with E-state index in [1.165, 1.54) is 18.9 Å². The smallest absolute Gasteiger partial charge is 0.322 e. The van der Waals surface area contributed by atoms with Crippen LogP contribution >= 0.6 is 15.9 Å². The molecule has 1 aromatic carbocycles. The van der Waals surface area contributed by atoms with Crippen LogP contribution in [0.4, 0.5) is 19.3 Å². The highest BCUT2D eigenvalue weighted by molar-refractivity contribution is 9.10. The Morgan fingerprint density at radius 1 is 1.30 bits per heavy atom. The van der Waals surface area contributed by atoms with Gasteiger partial charge in [-0.3, -0.25) is 19.1 Å². The van der Waals surface area contributed by atoms with Crippen molar-refractivity contribution < 1.29 is 28.0 Å². The maximum absolute atomic E-state index is 14.1. The summed E-state index contributed by atoms with van der Waals surface area (Å²) in [5.41, 5.74) is 1.40. The van der Waals surface area contributed by atoms with Crippen LogP contribution in [0.25, 0.3) is 0 Å². The second-order valence-electron chi connectivity index (χ2n) is 7.77. The molecule has 0 aliphatic carbocycles. The topological polar surface area (TPSA) is 109 Å². The lowest BCUT2D eigenvalue weighted by Gasteiger charge is -2.27. The maximum atomic E-state index is 14.1. The van der Waals surface area contributed by atoms with Crippen molar-refractivity contribution in [3.05, 3.63) is 45.2 Å². The molecule has 176 valence electrons. The van der Waals surface area contributed by atoms with Crippen molar-refractivity contribution in [3.63, 3.8) is 0 Å². The van der Waals surface area contributed by atoms with Gasteiger partial charge in [0.2, 0.25) is 5.91 Å². The minimum absolute atomic E-state index is 0.0181. The lowest BCUT2D eigenvalue weighted by molar-refractivity contribution is -0.148. The van der Waals surface area contributed by atoms with Crippen LogP contribution in [0.2, 0.25) is 0 Å². The molecule has 4 amide bonds. The van der Waals surface area contributed by atoms with Gasteiger partial charge in [0.15, 0.2) is 0 Å². The van der Waals surface area contributed by atoms with Crippen molar-refractivity contribution in [1.82, 2.24) is 25.1 Å². The second kappa shape index (κ2) is 9.06. The average molecular weight is 527 g/mol. The highest BCUT2D eigenvalue weighted by atomic mass is 79.9. The Balaban J connectivity index is 1.55. The first kappa shape index (κ1) is 23.1. The quantitative estimate of drug-likeness (QED) is 0.595. The molecule has 2 aliphatic rings. The molecule has 0 spiro atoms. The van der Waals surface area contributed by atoms with E-state index in [1.54, 1.807) is 4.68 Å². The number of rotatable bonds is 3. The number of anilines is 1. The number of hydroxylamine groups is 2. The van der Waals surface area contributed by atoms with Crippen molar-refractivity contribution in [2.75, 3.05) is 25.5 Å². The van der Waals surface area contributed by atoms with E-state index in [9.17, 15) is 23.2 Å². The van der Waals surface area contributed by atoms with Crippen LogP contribution in [-0.2, 0) is 29.1 Å². The molecule has 0 unspecified atom stereocenters. The number of carbonyl (C=O) groups is 3. The zero-order valence-corrected chi connectivity index (χ0v) is 19.4. The van der Waals surface area contributed by atoms with Gasteiger partial charge in [0.25, 0.3) is 5.91 Å². The third kappa shape index (κ3) is 4.69. The predicted molar refractivity (Wildman–Crippen MR) is 115 cm³/mol.